The van der Waals surface area contributed by atoms with Crippen molar-refractivity contribution in [3.05, 3.63) is 42.0 Å². The second-order valence-corrected chi connectivity index (χ2v) is 5.20. The van der Waals surface area contributed by atoms with Crippen LogP contribution in [0.15, 0.2) is 36.4 Å². The predicted octanol–water partition coefficient (Wildman–Crippen LogP) is 1.35. The van der Waals surface area contributed by atoms with Crippen LogP contribution in [0.5, 0.6) is 0 Å². The van der Waals surface area contributed by atoms with E-state index >= 15 is 0 Å². The van der Waals surface area contributed by atoms with Crippen LogP contribution in [0.4, 0.5) is 5.69 Å². The molecule has 5 heteroatoms. The van der Waals surface area contributed by atoms with E-state index in [1.54, 1.807) is 0 Å². The van der Waals surface area contributed by atoms with Gasteiger partial charge in [-0.15, -0.1) is 0 Å². The number of benzene rings is 2. The SMILES string of the molecule is Nc1ccc(CNCC(O)CO)c2c1[nH]c1ccccc12. The molecule has 3 aromatic rings. The molecule has 0 aliphatic heterocycles. The minimum atomic E-state index is -0.739. The molecule has 3 rings (SSSR count). The van der Waals surface area contributed by atoms with Crippen LogP contribution in [0.1, 0.15) is 5.56 Å². The molecule has 21 heavy (non-hydrogen) atoms. The zero-order valence-electron chi connectivity index (χ0n) is 11.6. The monoisotopic (exact) mass is 285 g/mol. The van der Waals surface area contributed by atoms with E-state index in [2.05, 4.69) is 16.4 Å². The Kier molecular flexibility index (Phi) is 3.79. The smallest absolute Gasteiger partial charge is 0.0895 e. The van der Waals surface area contributed by atoms with Crippen molar-refractivity contribution in [2.24, 2.45) is 0 Å². The Morgan fingerprint density at radius 1 is 1.19 bits per heavy atom. The third-order valence-corrected chi connectivity index (χ3v) is 3.69. The largest absolute Gasteiger partial charge is 0.397 e. The van der Waals surface area contributed by atoms with E-state index in [0.717, 1.165) is 33.1 Å². The number of aromatic nitrogens is 1. The maximum absolute atomic E-state index is 9.39. The van der Waals surface area contributed by atoms with Crippen molar-refractivity contribution < 1.29 is 10.2 Å². The van der Waals surface area contributed by atoms with E-state index in [9.17, 15) is 5.11 Å². The first-order chi connectivity index (χ1) is 10.2. The highest BCUT2D eigenvalue weighted by molar-refractivity contribution is 6.12. The number of nitrogens with one attached hydrogen (secondary N) is 2. The van der Waals surface area contributed by atoms with Gasteiger partial charge >= 0.3 is 0 Å². The average molecular weight is 285 g/mol. The number of aliphatic hydroxyl groups is 2. The molecule has 2 aromatic carbocycles. The van der Waals surface area contributed by atoms with Crippen molar-refractivity contribution in [1.82, 2.24) is 10.3 Å². The van der Waals surface area contributed by atoms with E-state index < -0.39 is 6.10 Å². The van der Waals surface area contributed by atoms with E-state index in [4.69, 9.17) is 10.8 Å². The summed E-state index contributed by atoms with van der Waals surface area (Å²) in [6.07, 6.45) is -0.739. The summed E-state index contributed by atoms with van der Waals surface area (Å²) in [5.74, 6) is 0. The molecule has 6 N–H and O–H groups in total. The summed E-state index contributed by atoms with van der Waals surface area (Å²) < 4.78 is 0. The number of aliphatic hydroxyl groups excluding tert-OH is 2. The van der Waals surface area contributed by atoms with Crippen LogP contribution in [-0.2, 0) is 6.54 Å². The Morgan fingerprint density at radius 3 is 2.81 bits per heavy atom. The summed E-state index contributed by atoms with van der Waals surface area (Å²) in [6.45, 7) is 0.720. The highest BCUT2D eigenvalue weighted by Gasteiger charge is 2.11. The minimum absolute atomic E-state index is 0.239. The van der Waals surface area contributed by atoms with Gasteiger partial charge in [0.2, 0.25) is 0 Å². The van der Waals surface area contributed by atoms with Gasteiger partial charge in [-0.2, -0.15) is 0 Å². The van der Waals surface area contributed by atoms with Gasteiger partial charge in [0.1, 0.15) is 0 Å². The van der Waals surface area contributed by atoms with Gasteiger partial charge in [-0.1, -0.05) is 24.3 Å². The van der Waals surface area contributed by atoms with Gasteiger partial charge in [0.05, 0.1) is 23.9 Å². The number of aromatic amines is 1. The molecular formula is C16H19N3O2. The molecular weight excluding hydrogens is 266 g/mol. The van der Waals surface area contributed by atoms with Crippen LogP contribution in [0.25, 0.3) is 21.8 Å². The fourth-order valence-corrected chi connectivity index (χ4v) is 2.63. The topological polar surface area (TPSA) is 94.3 Å². The molecule has 1 aromatic heterocycles. The normalized spacial score (nSPS) is 13.0. The molecule has 0 spiro atoms. The maximum atomic E-state index is 9.39. The number of rotatable bonds is 5. The van der Waals surface area contributed by atoms with Crippen LogP contribution in [-0.4, -0.2) is 34.5 Å². The Morgan fingerprint density at radius 2 is 2.00 bits per heavy atom. The molecule has 1 unspecified atom stereocenters. The number of hydrogen-bond donors (Lipinski definition) is 5. The zero-order valence-corrected chi connectivity index (χ0v) is 11.6. The third kappa shape index (κ3) is 2.58. The lowest BCUT2D eigenvalue weighted by atomic mass is 10.1. The molecule has 0 fully saturated rings. The van der Waals surface area contributed by atoms with Gasteiger partial charge < -0.3 is 26.2 Å². The van der Waals surface area contributed by atoms with Crippen molar-refractivity contribution in [3.8, 4) is 0 Å². The lowest BCUT2D eigenvalue weighted by molar-refractivity contribution is 0.0942. The summed E-state index contributed by atoms with van der Waals surface area (Å²) in [5, 5.41) is 23.6. The maximum Gasteiger partial charge on any atom is 0.0895 e. The molecule has 0 amide bonds. The summed E-state index contributed by atoms with van der Waals surface area (Å²) in [6, 6.07) is 12.0. The molecule has 0 bridgehead atoms. The Labute approximate surface area is 122 Å². The lowest BCUT2D eigenvalue weighted by Crippen LogP contribution is -2.28. The summed E-state index contributed by atoms with van der Waals surface area (Å²) in [4.78, 5) is 3.35. The highest BCUT2D eigenvalue weighted by atomic mass is 16.3. The van der Waals surface area contributed by atoms with Gasteiger partial charge in [-0.3, -0.25) is 0 Å². The molecule has 110 valence electrons. The molecule has 5 nitrogen and oxygen atoms in total. The number of para-hydroxylation sites is 1. The number of hydrogen-bond acceptors (Lipinski definition) is 4. The number of nitrogen functional groups attached to an aromatic ring is 1. The van der Waals surface area contributed by atoms with Gasteiger partial charge in [0.25, 0.3) is 0 Å². The van der Waals surface area contributed by atoms with Crippen molar-refractivity contribution in [2.75, 3.05) is 18.9 Å². The van der Waals surface area contributed by atoms with Crippen LogP contribution in [0.2, 0.25) is 0 Å². The lowest BCUT2D eigenvalue weighted by Gasteiger charge is -2.10. The molecule has 1 heterocycles. The first kappa shape index (κ1) is 13.9. The zero-order chi connectivity index (χ0) is 14.8. The molecule has 0 aliphatic carbocycles. The van der Waals surface area contributed by atoms with Gasteiger partial charge in [-0.25, -0.2) is 0 Å². The predicted molar refractivity (Wildman–Crippen MR) is 85.0 cm³/mol. The first-order valence-corrected chi connectivity index (χ1v) is 6.98. The number of fused-ring (bicyclic) bond motifs is 3. The summed E-state index contributed by atoms with van der Waals surface area (Å²) >= 11 is 0. The third-order valence-electron chi connectivity index (χ3n) is 3.69. The second-order valence-electron chi connectivity index (χ2n) is 5.20. The Hall–Kier alpha value is -2.08. The fourth-order valence-electron chi connectivity index (χ4n) is 2.63. The summed E-state index contributed by atoms with van der Waals surface area (Å²) in [5.41, 5.74) is 9.90. The minimum Gasteiger partial charge on any atom is -0.397 e. The molecule has 1 atom stereocenters. The average Bonchev–Trinajstić information content (AvgIpc) is 2.90. The summed E-state index contributed by atoms with van der Waals surface area (Å²) in [7, 11) is 0. The number of nitrogens with two attached hydrogens (primary N) is 1. The molecule has 0 saturated carbocycles. The molecule has 0 aliphatic rings. The van der Waals surface area contributed by atoms with Crippen LogP contribution in [0.3, 0.4) is 0 Å². The van der Waals surface area contributed by atoms with E-state index in [1.807, 2.05) is 30.3 Å². The van der Waals surface area contributed by atoms with Gasteiger partial charge in [0.15, 0.2) is 0 Å². The van der Waals surface area contributed by atoms with E-state index in [1.165, 1.54) is 0 Å². The van der Waals surface area contributed by atoms with Crippen molar-refractivity contribution in [1.29, 1.82) is 0 Å². The van der Waals surface area contributed by atoms with Crippen LogP contribution in [0, 0.1) is 0 Å². The van der Waals surface area contributed by atoms with Crippen LogP contribution >= 0.6 is 0 Å². The van der Waals surface area contributed by atoms with Crippen molar-refractivity contribution in [3.63, 3.8) is 0 Å². The Balaban J connectivity index is 2.00. The van der Waals surface area contributed by atoms with Crippen molar-refractivity contribution in [2.45, 2.75) is 12.6 Å². The van der Waals surface area contributed by atoms with Gasteiger partial charge in [-0.05, 0) is 17.7 Å². The number of anilines is 1. The van der Waals surface area contributed by atoms with Crippen LogP contribution < -0.4 is 11.1 Å². The molecule has 0 saturated heterocycles. The van der Waals surface area contributed by atoms with E-state index in [-0.39, 0.29) is 6.61 Å². The first-order valence-electron chi connectivity index (χ1n) is 6.98. The number of H-pyrrole nitrogens is 1. The molecule has 0 radical (unpaired) electrons. The van der Waals surface area contributed by atoms with Crippen molar-refractivity contribution >= 4 is 27.5 Å². The van der Waals surface area contributed by atoms with Gasteiger partial charge in [0, 0.05) is 29.4 Å². The second kappa shape index (κ2) is 5.73. The standard InChI is InChI=1S/C16H19N3O2/c17-13-6-5-10(7-18-8-11(21)9-20)15-12-3-1-2-4-14(12)19-16(13)15/h1-6,11,18-21H,7-9,17H2. The van der Waals surface area contributed by atoms with E-state index in [0.29, 0.717) is 13.1 Å². The Bertz CT molecular complexity index is 767. The fraction of sp³-hybridized carbons (Fsp3) is 0.250. The highest BCUT2D eigenvalue weighted by Crippen LogP contribution is 2.31. The quantitative estimate of drug-likeness (QED) is 0.457.